The molecule has 1 aliphatic heterocycles. The molecular formula is C18H21N3O3. The van der Waals surface area contributed by atoms with Crippen molar-refractivity contribution in [2.45, 2.75) is 6.54 Å². The normalized spacial score (nSPS) is 15.3. The summed E-state index contributed by atoms with van der Waals surface area (Å²) in [7, 11) is 1.55. The number of methoxy groups -OCH3 is 1. The maximum absolute atomic E-state index is 10.9. The summed E-state index contributed by atoms with van der Waals surface area (Å²) in [5.74, 6) is 0.556. The SMILES string of the molecule is COc1cc([N+](=O)[O-])ccc1N1CCN(Cc2ccccc2)CC1. The van der Waals surface area contributed by atoms with E-state index in [2.05, 4.69) is 34.1 Å². The average molecular weight is 327 g/mol. The van der Waals surface area contributed by atoms with E-state index < -0.39 is 4.92 Å². The third kappa shape index (κ3) is 3.65. The van der Waals surface area contributed by atoms with E-state index in [1.54, 1.807) is 13.2 Å². The second-order valence-electron chi connectivity index (χ2n) is 5.86. The Balaban J connectivity index is 1.65. The standard InChI is InChI=1S/C18H21N3O3/c1-24-18-13-16(21(22)23)7-8-17(18)20-11-9-19(10-12-20)14-15-5-3-2-4-6-15/h2-8,13H,9-12,14H2,1H3. The van der Waals surface area contributed by atoms with Gasteiger partial charge in [0, 0.05) is 38.8 Å². The Hall–Kier alpha value is -2.60. The van der Waals surface area contributed by atoms with Crippen LogP contribution >= 0.6 is 0 Å². The fourth-order valence-corrected chi connectivity index (χ4v) is 3.03. The summed E-state index contributed by atoms with van der Waals surface area (Å²) in [6.07, 6.45) is 0. The molecule has 6 nitrogen and oxygen atoms in total. The Kier molecular flexibility index (Phi) is 4.96. The summed E-state index contributed by atoms with van der Waals surface area (Å²) in [5.41, 5.74) is 2.29. The Morgan fingerprint density at radius 2 is 1.79 bits per heavy atom. The number of hydrogen-bond acceptors (Lipinski definition) is 5. The first kappa shape index (κ1) is 16.3. The van der Waals surface area contributed by atoms with Crippen LogP contribution in [0.25, 0.3) is 0 Å². The first-order chi connectivity index (χ1) is 11.7. The van der Waals surface area contributed by atoms with E-state index in [9.17, 15) is 10.1 Å². The van der Waals surface area contributed by atoms with E-state index in [1.165, 1.54) is 17.7 Å². The van der Waals surface area contributed by atoms with Gasteiger partial charge in [0.05, 0.1) is 23.8 Å². The zero-order valence-electron chi connectivity index (χ0n) is 13.7. The molecule has 1 heterocycles. The molecule has 0 aliphatic carbocycles. The van der Waals surface area contributed by atoms with Gasteiger partial charge in [-0.15, -0.1) is 0 Å². The maximum Gasteiger partial charge on any atom is 0.273 e. The van der Waals surface area contributed by atoms with E-state index in [0.717, 1.165) is 38.4 Å². The molecule has 0 saturated carbocycles. The topological polar surface area (TPSA) is 58.9 Å². The average Bonchev–Trinajstić information content (AvgIpc) is 2.62. The van der Waals surface area contributed by atoms with E-state index in [4.69, 9.17) is 4.74 Å². The van der Waals surface area contributed by atoms with Crippen LogP contribution in [0, 0.1) is 10.1 Å². The van der Waals surface area contributed by atoms with Gasteiger partial charge in [0.2, 0.25) is 0 Å². The van der Waals surface area contributed by atoms with Crippen LogP contribution in [-0.4, -0.2) is 43.1 Å². The second-order valence-corrected chi connectivity index (χ2v) is 5.86. The molecule has 1 saturated heterocycles. The Morgan fingerprint density at radius 3 is 2.42 bits per heavy atom. The Bertz CT molecular complexity index is 698. The van der Waals surface area contributed by atoms with Crippen molar-refractivity contribution in [2.75, 3.05) is 38.2 Å². The van der Waals surface area contributed by atoms with Crippen molar-refractivity contribution in [3.05, 3.63) is 64.2 Å². The van der Waals surface area contributed by atoms with Crippen molar-refractivity contribution < 1.29 is 9.66 Å². The number of benzene rings is 2. The number of nitro benzene ring substituents is 1. The first-order valence-electron chi connectivity index (χ1n) is 8.01. The van der Waals surface area contributed by atoms with Gasteiger partial charge < -0.3 is 9.64 Å². The molecule has 0 amide bonds. The second kappa shape index (κ2) is 7.31. The zero-order valence-corrected chi connectivity index (χ0v) is 13.7. The van der Waals surface area contributed by atoms with E-state index >= 15 is 0 Å². The zero-order chi connectivity index (χ0) is 16.9. The van der Waals surface area contributed by atoms with E-state index in [-0.39, 0.29) is 5.69 Å². The fourth-order valence-electron chi connectivity index (χ4n) is 3.03. The fraction of sp³-hybridized carbons (Fsp3) is 0.333. The summed E-state index contributed by atoms with van der Waals surface area (Å²) in [6.45, 7) is 4.61. The number of anilines is 1. The highest BCUT2D eigenvalue weighted by atomic mass is 16.6. The number of hydrogen-bond donors (Lipinski definition) is 0. The van der Waals surface area contributed by atoms with Crippen molar-refractivity contribution in [3.8, 4) is 5.75 Å². The lowest BCUT2D eigenvalue weighted by atomic mass is 10.2. The van der Waals surface area contributed by atoms with Gasteiger partial charge in [-0.25, -0.2) is 0 Å². The van der Waals surface area contributed by atoms with Crippen LogP contribution in [0.5, 0.6) is 5.75 Å². The van der Waals surface area contributed by atoms with Crippen LogP contribution in [0.2, 0.25) is 0 Å². The summed E-state index contributed by atoms with van der Waals surface area (Å²) in [4.78, 5) is 15.2. The molecule has 126 valence electrons. The molecule has 0 unspecified atom stereocenters. The quantitative estimate of drug-likeness (QED) is 0.624. The lowest BCUT2D eigenvalue weighted by Gasteiger charge is -2.36. The highest BCUT2D eigenvalue weighted by molar-refractivity contribution is 5.62. The third-order valence-corrected chi connectivity index (χ3v) is 4.34. The molecule has 0 atom stereocenters. The number of nitro groups is 1. The molecule has 0 aromatic heterocycles. The van der Waals surface area contributed by atoms with E-state index in [0.29, 0.717) is 5.75 Å². The van der Waals surface area contributed by atoms with Crippen molar-refractivity contribution in [1.29, 1.82) is 0 Å². The van der Waals surface area contributed by atoms with Crippen LogP contribution in [0.15, 0.2) is 48.5 Å². The van der Waals surface area contributed by atoms with Crippen LogP contribution in [0.4, 0.5) is 11.4 Å². The van der Waals surface area contributed by atoms with Crippen molar-refractivity contribution in [2.24, 2.45) is 0 Å². The molecule has 1 fully saturated rings. The molecule has 0 spiro atoms. The summed E-state index contributed by atoms with van der Waals surface area (Å²) in [5, 5.41) is 10.9. The molecule has 3 rings (SSSR count). The Labute approximate surface area is 141 Å². The highest BCUT2D eigenvalue weighted by Gasteiger charge is 2.21. The summed E-state index contributed by atoms with van der Waals surface area (Å²) in [6, 6.07) is 15.3. The smallest absolute Gasteiger partial charge is 0.273 e. The van der Waals surface area contributed by atoms with Gasteiger partial charge in [-0.1, -0.05) is 30.3 Å². The summed E-state index contributed by atoms with van der Waals surface area (Å²) >= 11 is 0. The van der Waals surface area contributed by atoms with Crippen LogP contribution in [-0.2, 0) is 6.54 Å². The Morgan fingerprint density at radius 1 is 1.08 bits per heavy atom. The number of nitrogens with zero attached hydrogens (tertiary/aromatic N) is 3. The third-order valence-electron chi connectivity index (χ3n) is 4.34. The predicted molar refractivity (Wildman–Crippen MR) is 93.6 cm³/mol. The van der Waals surface area contributed by atoms with Crippen molar-refractivity contribution in [1.82, 2.24) is 4.90 Å². The lowest BCUT2D eigenvalue weighted by molar-refractivity contribution is -0.384. The predicted octanol–water partition coefficient (Wildman–Crippen LogP) is 2.93. The van der Waals surface area contributed by atoms with Gasteiger partial charge in [0.25, 0.3) is 5.69 Å². The molecule has 0 bridgehead atoms. The number of rotatable bonds is 5. The molecule has 2 aromatic rings. The highest BCUT2D eigenvalue weighted by Crippen LogP contribution is 2.32. The van der Waals surface area contributed by atoms with Gasteiger partial charge in [-0.2, -0.15) is 0 Å². The molecule has 6 heteroatoms. The minimum atomic E-state index is -0.399. The van der Waals surface area contributed by atoms with Gasteiger partial charge in [0.15, 0.2) is 0 Å². The van der Waals surface area contributed by atoms with Gasteiger partial charge in [-0.3, -0.25) is 15.0 Å². The van der Waals surface area contributed by atoms with Crippen molar-refractivity contribution in [3.63, 3.8) is 0 Å². The monoisotopic (exact) mass is 327 g/mol. The molecule has 1 aliphatic rings. The minimum Gasteiger partial charge on any atom is -0.494 e. The largest absolute Gasteiger partial charge is 0.494 e. The van der Waals surface area contributed by atoms with Crippen LogP contribution in [0.1, 0.15) is 5.56 Å². The van der Waals surface area contributed by atoms with Crippen LogP contribution < -0.4 is 9.64 Å². The van der Waals surface area contributed by atoms with E-state index in [1.807, 2.05) is 6.07 Å². The molecule has 2 aromatic carbocycles. The minimum absolute atomic E-state index is 0.0540. The molecule has 24 heavy (non-hydrogen) atoms. The van der Waals surface area contributed by atoms with Gasteiger partial charge in [-0.05, 0) is 11.6 Å². The summed E-state index contributed by atoms with van der Waals surface area (Å²) < 4.78 is 5.35. The van der Waals surface area contributed by atoms with Crippen molar-refractivity contribution >= 4 is 11.4 Å². The lowest BCUT2D eigenvalue weighted by Crippen LogP contribution is -2.46. The van der Waals surface area contributed by atoms with Gasteiger partial charge >= 0.3 is 0 Å². The number of non-ortho nitro benzene ring substituents is 1. The molecular weight excluding hydrogens is 306 g/mol. The van der Waals surface area contributed by atoms with Gasteiger partial charge in [0.1, 0.15) is 5.75 Å². The molecule has 0 N–H and O–H groups in total. The van der Waals surface area contributed by atoms with Crippen LogP contribution in [0.3, 0.4) is 0 Å². The number of ether oxygens (including phenoxy) is 1. The first-order valence-corrected chi connectivity index (χ1v) is 8.01. The maximum atomic E-state index is 10.9. The molecule has 0 radical (unpaired) electrons. The number of piperazine rings is 1.